The molecule has 1 saturated heterocycles. The summed E-state index contributed by atoms with van der Waals surface area (Å²) in [6, 6.07) is 3.73. The van der Waals surface area contributed by atoms with Gasteiger partial charge in [-0.2, -0.15) is 0 Å². The molecule has 3 aliphatic rings. The number of nitrogens with zero attached hydrogens (tertiary/aromatic N) is 1. The molecular formula is C15H14N2O5S2. The van der Waals surface area contributed by atoms with Gasteiger partial charge in [-0.25, -0.2) is 4.79 Å². The lowest BCUT2D eigenvalue weighted by Gasteiger charge is -2.55. The van der Waals surface area contributed by atoms with Crippen molar-refractivity contribution >= 4 is 40.9 Å². The van der Waals surface area contributed by atoms with Gasteiger partial charge in [0.1, 0.15) is 17.7 Å². The van der Waals surface area contributed by atoms with Crippen LogP contribution in [0.4, 0.5) is 0 Å². The number of rotatable bonds is 4. The van der Waals surface area contributed by atoms with Crippen LogP contribution in [0, 0.1) is 0 Å². The first kappa shape index (κ1) is 15.7. The highest BCUT2D eigenvalue weighted by Gasteiger charge is 2.67. The Morgan fingerprint density at radius 2 is 2.38 bits per heavy atom. The minimum atomic E-state index is -1.43. The molecule has 1 aromatic heterocycles. The number of thioether (sulfide) groups is 1. The molecular weight excluding hydrogens is 352 g/mol. The Morgan fingerprint density at radius 1 is 1.54 bits per heavy atom. The van der Waals surface area contributed by atoms with Crippen molar-refractivity contribution in [1.29, 1.82) is 0 Å². The lowest BCUT2D eigenvalue weighted by molar-refractivity contribution is -0.192. The fourth-order valence-electron chi connectivity index (χ4n) is 3.09. The molecule has 3 aliphatic heterocycles. The zero-order chi connectivity index (χ0) is 16.9. The number of nitrogens with one attached hydrogen (secondary N) is 1. The molecule has 0 aromatic carbocycles. The minimum Gasteiger partial charge on any atom is -0.456 e. The van der Waals surface area contributed by atoms with Gasteiger partial charge < -0.3 is 14.8 Å². The number of hydrogen-bond acceptors (Lipinski definition) is 7. The second kappa shape index (κ2) is 5.61. The Hall–Kier alpha value is -1.84. The zero-order valence-corrected chi connectivity index (χ0v) is 14.4. The van der Waals surface area contributed by atoms with E-state index in [-0.39, 0.29) is 18.9 Å². The van der Waals surface area contributed by atoms with E-state index in [9.17, 15) is 14.4 Å². The van der Waals surface area contributed by atoms with Crippen molar-refractivity contribution < 1.29 is 23.9 Å². The molecule has 0 spiro atoms. The highest BCUT2D eigenvalue weighted by atomic mass is 32.2. The molecule has 4 heterocycles. The Labute approximate surface area is 146 Å². The van der Waals surface area contributed by atoms with Crippen LogP contribution in [-0.2, 0) is 30.3 Å². The second-order valence-electron chi connectivity index (χ2n) is 5.61. The van der Waals surface area contributed by atoms with Crippen LogP contribution >= 0.6 is 23.1 Å². The van der Waals surface area contributed by atoms with E-state index >= 15 is 0 Å². The van der Waals surface area contributed by atoms with E-state index < -0.39 is 23.0 Å². The molecule has 7 nitrogen and oxygen atoms in total. The molecule has 126 valence electrons. The Bertz CT molecular complexity index is 760. The summed E-state index contributed by atoms with van der Waals surface area (Å²) in [5.41, 5.74) is -0.311. The Morgan fingerprint density at radius 3 is 3.08 bits per heavy atom. The van der Waals surface area contributed by atoms with Gasteiger partial charge in [-0.1, -0.05) is 6.07 Å². The van der Waals surface area contributed by atoms with Gasteiger partial charge in [0, 0.05) is 23.3 Å². The average molecular weight is 366 g/mol. The molecule has 1 aromatic rings. The first-order valence-corrected chi connectivity index (χ1v) is 9.22. The van der Waals surface area contributed by atoms with Gasteiger partial charge >= 0.3 is 5.97 Å². The van der Waals surface area contributed by atoms with E-state index in [4.69, 9.17) is 9.47 Å². The zero-order valence-electron chi connectivity index (χ0n) is 12.7. The van der Waals surface area contributed by atoms with Gasteiger partial charge in [0.15, 0.2) is 0 Å². The third kappa shape index (κ3) is 2.11. The number of carbonyl (C=O) groups excluding carboxylic acids is 3. The summed E-state index contributed by atoms with van der Waals surface area (Å²) in [4.78, 5) is 39.2. The average Bonchev–Trinajstić information content (AvgIpc) is 3.21. The van der Waals surface area contributed by atoms with Crippen LogP contribution in [0.25, 0.3) is 0 Å². The third-order valence-corrected chi connectivity index (χ3v) is 6.49. The first-order valence-electron chi connectivity index (χ1n) is 7.30. The molecule has 9 heteroatoms. The van der Waals surface area contributed by atoms with Crippen LogP contribution in [0.1, 0.15) is 4.88 Å². The van der Waals surface area contributed by atoms with E-state index in [2.05, 4.69) is 5.32 Å². The predicted octanol–water partition coefficient (Wildman–Crippen LogP) is 0.475. The number of cyclic esters (lactones) is 1. The van der Waals surface area contributed by atoms with Crippen molar-refractivity contribution in [3.63, 3.8) is 0 Å². The van der Waals surface area contributed by atoms with Gasteiger partial charge in [0.25, 0.3) is 11.6 Å². The maximum Gasteiger partial charge on any atom is 0.355 e. The number of methoxy groups -OCH3 is 1. The number of amides is 2. The smallest absolute Gasteiger partial charge is 0.355 e. The number of β-lactam (4-membered cyclic amide) rings is 1. The molecule has 2 amide bonds. The summed E-state index contributed by atoms with van der Waals surface area (Å²) >= 11 is 2.93. The van der Waals surface area contributed by atoms with Crippen molar-refractivity contribution in [2.24, 2.45) is 0 Å². The number of carbonyl (C=O) groups is 3. The largest absolute Gasteiger partial charge is 0.456 e. The van der Waals surface area contributed by atoms with Gasteiger partial charge in [0.2, 0.25) is 5.91 Å². The van der Waals surface area contributed by atoms with Crippen molar-refractivity contribution in [2.75, 3.05) is 19.5 Å². The topological polar surface area (TPSA) is 84.9 Å². The van der Waals surface area contributed by atoms with Crippen LogP contribution in [0.15, 0.2) is 28.8 Å². The Balaban J connectivity index is 1.55. The Kier molecular flexibility index (Phi) is 3.66. The molecule has 0 saturated carbocycles. The summed E-state index contributed by atoms with van der Waals surface area (Å²) in [6.45, 7) is 0.225. The van der Waals surface area contributed by atoms with E-state index in [0.717, 1.165) is 10.5 Å². The van der Waals surface area contributed by atoms with E-state index in [1.54, 1.807) is 0 Å². The van der Waals surface area contributed by atoms with Crippen molar-refractivity contribution in [3.8, 4) is 0 Å². The molecule has 1 fully saturated rings. The minimum absolute atomic E-state index is 0.184. The molecule has 2 unspecified atom stereocenters. The quantitative estimate of drug-likeness (QED) is 0.474. The van der Waals surface area contributed by atoms with Crippen molar-refractivity contribution in [1.82, 2.24) is 10.2 Å². The second-order valence-corrected chi connectivity index (χ2v) is 7.71. The molecule has 24 heavy (non-hydrogen) atoms. The van der Waals surface area contributed by atoms with E-state index in [0.29, 0.717) is 11.4 Å². The lowest BCUT2D eigenvalue weighted by Crippen LogP contribution is -2.80. The number of hydrogen-bond donors (Lipinski definition) is 1. The fourth-order valence-corrected chi connectivity index (χ4v) is 5.21. The van der Waals surface area contributed by atoms with Crippen LogP contribution < -0.4 is 5.32 Å². The van der Waals surface area contributed by atoms with Gasteiger partial charge in [0.05, 0.1) is 6.42 Å². The van der Waals surface area contributed by atoms with Crippen molar-refractivity contribution in [3.05, 3.63) is 33.7 Å². The van der Waals surface area contributed by atoms with Gasteiger partial charge in [-0.3, -0.25) is 14.5 Å². The lowest BCUT2D eigenvalue weighted by atomic mass is 9.98. The highest BCUT2D eigenvalue weighted by molar-refractivity contribution is 8.00. The van der Waals surface area contributed by atoms with Crippen LogP contribution in [0.3, 0.4) is 0 Å². The van der Waals surface area contributed by atoms with Gasteiger partial charge in [-0.05, 0) is 11.4 Å². The summed E-state index contributed by atoms with van der Waals surface area (Å²) in [5, 5.41) is 4.14. The third-order valence-electron chi connectivity index (χ3n) is 4.24. The molecule has 0 bridgehead atoms. The fraction of sp³-hybridized carbons (Fsp3) is 0.400. The van der Waals surface area contributed by atoms with Crippen LogP contribution in [0.5, 0.6) is 0 Å². The number of thiophene rings is 1. The summed E-state index contributed by atoms with van der Waals surface area (Å²) in [6.07, 6.45) is 0.184. The monoisotopic (exact) mass is 366 g/mol. The summed E-state index contributed by atoms with van der Waals surface area (Å²) < 4.78 is 10.4. The van der Waals surface area contributed by atoms with Crippen LogP contribution in [-0.4, -0.2) is 53.3 Å². The predicted molar refractivity (Wildman–Crippen MR) is 87.0 cm³/mol. The highest BCUT2D eigenvalue weighted by Crippen LogP contribution is 2.48. The van der Waals surface area contributed by atoms with Crippen molar-refractivity contribution in [2.45, 2.75) is 17.5 Å². The number of fused-ring (bicyclic) bond motifs is 2. The molecule has 0 aliphatic carbocycles. The van der Waals surface area contributed by atoms with Gasteiger partial charge in [-0.15, -0.1) is 23.1 Å². The first-order chi connectivity index (χ1) is 11.6. The number of esters is 1. The maximum atomic E-state index is 12.7. The normalized spacial score (nSPS) is 28.2. The molecule has 4 rings (SSSR count). The summed E-state index contributed by atoms with van der Waals surface area (Å²) in [5.74, 6) is -0.644. The number of ether oxygens (including phenoxy) is 2. The summed E-state index contributed by atoms with van der Waals surface area (Å²) in [7, 11) is 1.39. The standard InChI is InChI=1S/C15H14N2O5S2/c1-21-15(16-10(18)5-9-3-2-4-23-9)13(20)17-11-8(6-22-12(11)19)7-24-14(15)17/h2-4,14H,5-7H2,1H3,(H,16,18). The van der Waals surface area contributed by atoms with Crippen LogP contribution in [0.2, 0.25) is 0 Å². The van der Waals surface area contributed by atoms with E-state index in [1.165, 1.54) is 35.1 Å². The molecule has 0 radical (unpaired) electrons. The SMILES string of the molecule is COC1(NC(=O)Cc2cccs2)C(=O)N2C3=C(COC3=O)CSC21. The van der Waals surface area contributed by atoms with E-state index in [1.807, 2.05) is 17.5 Å². The molecule has 2 atom stereocenters. The molecule has 1 N–H and O–H groups in total. The maximum absolute atomic E-state index is 12.7.